The maximum atomic E-state index is 13.2. The maximum Gasteiger partial charge on any atom is 0.123 e. The van der Waals surface area contributed by atoms with Gasteiger partial charge in [0.1, 0.15) is 5.82 Å². The van der Waals surface area contributed by atoms with E-state index in [1.54, 1.807) is 6.07 Å². The summed E-state index contributed by atoms with van der Waals surface area (Å²) in [6, 6.07) is 4.96. The minimum atomic E-state index is -0.228. The van der Waals surface area contributed by atoms with Crippen molar-refractivity contribution in [3.8, 4) is 0 Å². The van der Waals surface area contributed by atoms with Gasteiger partial charge in [-0.05, 0) is 50.6 Å². The molecule has 0 heterocycles. The smallest absolute Gasteiger partial charge is 0.123 e. The van der Waals surface area contributed by atoms with Crippen molar-refractivity contribution in [1.29, 1.82) is 0 Å². The third kappa shape index (κ3) is 4.94. The van der Waals surface area contributed by atoms with E-state index in [1.165, 1.54) is 12.1 Å². The minimum absolute atomic E-state index is 0.228. The molecule has 0 saturated heterocycles. The van der Waals surface area contributed by atoms with Crippen molar-refractivity contribution in [2.75, 3.05) is 11.9 Å². The largest absolute Gasteiger partial charge is 0.297 e. The molecule has 0 aliphatic carbocycles. The van der Waals surface area contributed by atoms with E-state index >= 15 is 0 Å². The Labute approximate surface area is 116 Å². The predicted molar refractivity (Wildman–Crippen MR) is 75.4 cm³/mol. The molecule has 0 saturated carbocycles. The molecule has 0 amide bonds. The van der Waals surface area contributed by atoms with Crippen LogP contribution in [0, 0.1) is 5.82 Å². The summed E-state index contributed by atoms with van der Waals surface area (Å²) in [6.07, 6.45) is 1.07. The van der Waals surface area contributed by atoms with Gasteiger partial charge in [0.05, 0.1) is 0 Å². The second-order valence-corrected chi connectivity index (χ2v) is 5.54. The van der Waals surface area contributed by atoms with Crippen LogP contribution < -0.4 is 0 Å². The Balaban J connectivity index is 2.74. The minimum Gasteiger partial charge on any atom is -0.297 e. The van der Waals surface area contributed by atoms with E-state index in [0.717, 1.165) is 23.9 Å². The van der Waals surface area contributed by atoms with Crippen LogP contribution in [0.2, 0.25) is 5.02 Å². The van der Waals surface area contributed by atoms with Gasteiger partial charge in [0.15, 0.2) is 0 Å². The third-order valence-electron chi connectivity index (χ3n) is 2.69. The molecule has 1 nitrogen and oxygen atoms in total. The van der Waals surface area contributed by atoms with Gasteiger partial charge in [0, 0.05) is 22.9 Å². The molecule has 17 heavy (non-hydrogen) atoms. The zero-order valence-electron chi connectivity index (χ0n) is 10.2. The number of rotatable bonds is 6. The zero-order chi connectivity index (χ0) is 12.8. The van der Waals surface area contributed by atoms with Crippen LogP contribution in [0.25, 0.3) is 0 Å². The molecule has 0 atom stereocenters. The molecule has 0 spiro atoms. The van der Waals surface area contributed by atoms with Gasteiger partial charge in [0.2, 0.25) is 0 Å². The first-order chi connectivity index (χ1) is 8.04. The summed E-state index contributed by atoms with van der Waals surface area (Å²) in [5, 5.41) is 1.61. The first-order valence-electron chi connectivity index (χ1n) is 5.78. The molecule has 0 radical (unpaired) electrons. The molecular weight excluding hydrogens is 305 g/mol. The molecular formula is C13H18BrClFN. The first kappa shape index (κ1) is 14.9. The molecule has 0 fully saturated rings. The highest BCUT2D eigenvalue weighted by Gasteiger charge is 2.12. The van der Waals surface area contributed by atoms with Crippen LogP contribution in [0.4, 0.5) is 4.39 Å². The second-order valence-electron chi connectivity index (χ2n) is 4.34. The average Bonchev–Trinajstić information content (AvgIpc) is 2.28. The number of benzene rings is 1. The molecule has 96 valence electrons. The normalized spacial score (nSPS) is 11.5. The lowest BCUT2D eigenvalue weighted by molar-refractivity contribution is 0.214. The molecule has 0 unspecified atom stereocenters. The highest BCUT2D eigenvalue weighted by atomic mass is 79.9. The molecule has 0 N–H and O–H groups in total. The second kappa shape index (κ2) is 7.34. The van der Waals surface area contributed by atoms with E-state index in [4.69, 9.17) is 11.6 Å². The van der Waals surface area contributed by atoms with Crippen molar-refractivity contribution < 1.29 is 4.39 Å². The third-order valence-corrected chi connectivity index (χ3v) is 3.62. The highest BCUT2D eigenvalue weighted by Crippen LogP contribution is 2.20. The Morgan fingerprint density at radius 1 is 1.41 bits per heavy atom. The van der Waals surface area contributed by atoms with Crippen LogP contribution in [-0.2, 0) is 6.54 Å². The van der Waals surface area contributed by atoms with Crippen LogP contribution in [0.3, 0.4) is 0 Å². The number of alkyl halides is 1. The standard InChI is InChI=1S/C13H18BrClFN/c1-10(2)17(7-3-6-14)9-11-8-12(16)4-5-13(11)15/h4-5,8,10H,3,6-7,9H2,1-2H3. The zero-order valence-corrected chi connectivity index (χ0v) is 12.6. The Hall–Kier alpha value is -0.120. The Morgan fingerprint density at radius 3 is 2.71 bits per heavy atom. The molecule has 0 bridgehead atoms. The van der Waals surface area contributed by atoms with Crippen molar-refractivity contribution >= 4 is 27.5 Å². The molecule has 1 aromatic carbocycles. The van der Waals surface area contributed by atoms with E-state index < -0.39 is 0 Å². The Bertz CT molecular complexity index is 357. The van der Waals surface area contributed by atoms with E-state index in [2.05, 4.69) is 34.7 Å². The van der Waals surface area contributed by atoms with Gasteiger partial charge in [-0.25, -0.2) is 4.39 Å². The summed E-state index contributed by atoms with van der Waals surface area (Å²) >= 11 is 9.50. The first-order valence-corrected chi connectivity index (χ1v) is 7.28. The van der Waals surface area contributed by atoms with Crippen molar-refractivity contribution in [2.24, 2.45) is 0 Å². The summed E-state index contributed by atoms with van der Waals surface area (Å²) in [5.41, 5.74) is 0.856. The maximum absolute atomic E-state index is 13.2. The molecule has 1 aromatic rings. The highest BCUT2D eigenvalue weighted by molar-refractivity contribution is 9.09. The van der Waals surface area contributed by atoms with Gasteiger partial charge in [-0.3, -0.25) is 4.90 Å². The van der Waals surface area contributed by atoms with Crippen LogP contribution in [0.5, 0.6) is 0 Å². The summed E-state index contributed by atoms with van der Waals surface area (Å²) in [4.78, 5) is 2.29. The Kier molecular flexibility index (Phi) is 6.45. The lowest BCUT2D eigenvalue weighted by Crippen LogP contribution is -2.31. The van der Waals surface area contributed by atoms with Crippen LogP contribution in [-0.4, -0.2) is 22.8 Å². The van der Waals surface area contributed by atoms with Crippen molar-refractivity contribution in [1.82, 2.24) is 4.90 Å². The van der Waals surface area contributed by atoms with Gasteiger partial charge in [-0.2, -0.15) is 0 Å². The van der Waals surface area contributed by atoms with Crippen LogP contribution in [0.15, 0.2) is 18.2 Å². The number of hydrogen-bond donors (Lipinski definition) is 0. The summed E-state index contributed by atoms with van der Waals surface area (Å²) in [6.45, 7) is 5.96. The fourth-order valence-electron chi connectivity index (χ4n) is 1.67. The van der Waals surface area contributed by atoms with E-state index in [9.17, 15) is 4.39 Å². The fraction of sp³-hybridized carbons (Fsp3) is 0.538. The molecule has 0 aliphatic heterocycles. The van der Waals surface area contributed by atoms with E-state index in [0.29, 0.717) is 17.6 Å². The van der Waals surface area contributed by atoms with Crippen LogP contribution in [0.1, 0.15) is 25.8 Å². The lowest BCUT2D eigenvalue weighted by Gasteiger charge is -2.26. The van der Waals surface area contributed by atoms with Crippen molar-refractivity contribution in [3.63, 3.8) is 0 Å². The molecule has 4 heteroatoms. The average molecular weight is 323 g/mol. The van der Waals surface area contributed by atoms with E-state index in [-0.39, 0.29) is 5.82 Å². The topological polar surface area (TPSA) is 3.24 Å². The SMILES string of the molecule is CC(C)N(CCCBr)Cc1cc(F)ccc1Cl. The predicted octanol–water partition coefficient (Wildman–Crippen LogP) is 4.47. The fourth-order valence-corrected chi connectivity index (χ4v) is 2.09. The monoisotopic (exact) mass is 321 g/mol. The number of hydrogen-bond acceptors (Lipinski definition) is 1. The van der Waals surface area contributed by atoms with E-state index in [1.807, 2.05) is 0 Å². The van der Waals surface area contributed by atoms with Gasteiger partial charge in [-0.15, -0.1) is 0 Å². The quantitative estimate of drug-likeness (QED) is 0.698. The number of nitrogens with zero attached hydrogens (tertiary/aromatic N) is 1. The van der Waals surface area contributed by atoms with Gasteiger partial charge in [0.25, 0.3) is 0 Å². The van der Waals surface area contributed by atoms with Crippen LogP contribution >= 0.6 is 27.5 Å². The Morgan fingerprint density at radius 2 is 2.12 bits per heavy atom. The molecule has 1 rings (SSSR count). The van der Waals surface area contributed by atoms with Crippen molar-refractivity contribution in [3.05, 3.63) is 34.6 Å². The van der Waals surface area contributed by atoms with Gasteiger partial charge >= 0.3 is 0 Å². The lowest BCUT2D eigenvalue weighted by atomic mass is 10.1. The summed E-state index contributed by atoms with van der Waals surface area (Å²) in [5.74, 6) is -0.228. The molecule has 0 aliphatic rings. The number of halogens is 3. The van der Waals surface area contributed by atoms with Gasteiger partial charge in [-0.1, -0.05) is 27.5 Å². The van der Waals surface area contributed by atoms with Crippen molar-refractivity contribution in [2.45, 2.75) is 32.9 Å². The van der Waals surface area contributed by atoms with Gasteiger partial charge < -0.3 is 0 Å². The molecule has 0 aromatic heterocycles. The summed E-state index contributed by atoms with van der Waals surface area (Å²) < 4.78 is 13.2. The summed E-state index contributed by atoms with van der Waals surface area (Å²) in [7, 11) is 0.